The van der Waals surface area contributed by atoms with E-state index >= 15 is 0 Å². The summed E-state index contributed by atoms with van der Waals surface area (Å²) >= 11 is 0. The number of fused-ring (bicyclic) bond motifs is 1. The van der Waals surface area contributed by atoms with E-state index in [9.17, 15) is 0 Å². The molecular weight excluding hydrogens is 418 g/mol. The Morgan fingerprint density at radius 2 is 1.39 bits per heavy atom. The van der Waals surface area contributed by atoms with Gasteiger partial charge in [-0.3, -0.25) is 0 Å². The molecule has 0 unspecified atom stereocenters. The first-order valence-corrected chi connectivity index (χ1v) is 10.6. The van der Waals surface area contributed by atoms with Crippen LogP contribution in [0.2, 0.25) is 0 Å². The highest BCUT2D eigenvalue weighted by Crippen LogP contribution is 2.26. The minimum Gasteiger partial charge on any atom is -0.497 e. The second-order valence-electron chi connectivity index (χ2n) is 7.86. The third-order valence-corrected chi connectivity index (χ3v) is 5.36. The second kappa shape index (κ2) is 9.77. The van der Waals surface area contributed by atoms with Crippen LogP contribution in [-0.2, 0) is 13.1 Å². The minimum atomic E-state index is -0.915. The lowest BCUT2D eigenvalue weighted by molar-refractivity contribution is 0.380. The number of hydrogen-bond donors (Lipinski definition) is 0. The molecule has 172 valence electrons. The summed E-state index contributed by atoms with van der Waals surface area (Å²) in [4.78, 5) is 11.1. The molecule has 0 fully saturated rings. The van der Waals surface area contributed by atoms with Crippen molar-refractivity contribution in [1.82, 2.24) is 19.6 Å². The smallest absolute Gasteiger partial charge is 0.337 e. The van der Waals surface area contributed by atoms with Gasteiger partial charge in [-0.2, -0.15) is 9.50 Å². The molecule has 0 N–H and O–H groups in total. The van der Waals surface area contributed by atoms with Crippen molar-refractivity contribution in [2.45, 2.75) is 32.8 Å². The van der Waals surface area contributed by atoms with Crippen molar-refractivity contribution in [3.63, 3.8) is 0 Å². The summed E-state index contributed by atoms with van der Waals surface area (Å²) in [5.41, 5.74) is 2.79. The van der Waals surface area contributed by atoms with Gasteiger partial charge in [-0.1, -0.05) is 38.1 Å². The van der Waals surface area contributed by atoms with Crippen molar-refractivity contribution in [3.05, 3.63) is 71.4 Å². The summed E-state index contributed by atoms with van der Waals surface area (Å²) in [5, 5.41) is 4.49. The van der Waals surface area contributed by atoms with E-state index in [1.165, 1.54) is 7.11 Å². The standard InChI is InChI=1S/C25H29N5O3/c1-17(2)22-14-23(30-24(26-22)27-25(28-30)33-5)29(15-18-6-10-20(31-3)11-7-18)16-19-8-12-21(32-4)13-9-19/h6-14,17H,15-16H2,1-5H3/i17D. The molecule has 0 atom stereocenters. The molecule has 0 amide bonds. The molecule has 0 aliphatic heterocycles. The average Bonchev–Trinajstić information content (AvgIpc) is 3.27. The van der Waals surface area contributed by atoms with Crippen molar-refractivity contribution in [1.29, 1.82) is 0 Å². The molecule has 8 nitrogen and oxygen atoms in total. The predicted octanol–water partition coefficient (Wildman–Crippen LogP) is 4.48. The van der Waals surface area contributed by atoms with Gasteiger partial charge < -0.3 is 19.1 Å². The number of methoxy groups -OCH3 is 3. The van der Waals surface area contributed by atoms with Gasteiger partial charge in [0.25, 0.3) is 5.78 Å². The summed E-state index contributed by atoms with van der Waals surface area (Å²) in [6, 6.07) is 18.1. The van der Waals surface area contributed by atoms with E-state index in [1.807, 2.05) is 54.6 Å². The number of rotatable bonds is 9. The summed E-state index contributed by atoms with van der Waals surface area (Å²) in [6.07, 6.45) is 0. The Hall–Kier alpha value is -3.81. The lowest BCUT2D eigenvalue weighted by Gasteiger charge is -2.26. The lowest BCUT2D eigenvalue weighted by atomic mass is 10.1. The summed E-state index contributed by atoms with van der Waals surface area (Å²) in [5.74, 6) is 1.84. The van der Waals surface area contributed by atoms with Crippen LogP contribution in [0.1, 0.15) is 37.9 Å². The molecule has 0 saturated carbocycles. The predicted molar refractivity (Wildman–Crippen MR) is 127 cm³/mol. The maximum Gasteiger partial charge on any atom is 0.337 e. The van der Waals surface area contributed by atoms with E-state index in [2.05, 4.69) is 20.0 Å². The summed E-state index contributed by atoms with van der Waals surface area (Å²) in [7, 11) is 4.83. The molecule has 0 radical (unpaired) electrons. The van der Waals surface area contributed by atoms with Crippen molar-refractivity contribution < 1.29 is 15.6 Å². The Bertz CT molecular complexity index is 1200. The zero-order valence-corrected chi connectivity index (χ0v) is 19.6. The fraction of sp³-hybridized carbons (Fsp3) is 0.320. The van der Waals surface area contributed by atoms with Crippen LogP contribution < -0.4 is 19.1 Å². The number of hydrogen-bond acceptors (Lipinski definition) is 7. The number of ether oxygens (including phenoxy) is 3. The highest BCUT2D eigenvalue weighted by molar-refractivity contribution is 5.50. The van der Waals surface area contributed by atoms with E-state index in [0.29, 0.717) is 24.6 Å². The highest BCUT2D eigenvalue weighted by atomic mass is 16.5. The van der Waals surface area contributed by atoms with Crippen LogP contribution >= 0.6 is 0 Å². The molecule has 2 aromatic heterocycles. The van der Waals surface area contributed by atoms with Gasteiger partial charge in [0, 0.05) is 20.5 Å². The molecule has 2 heterocycles. The SMILES string of the molecule is [2H]C(C)(C)c1cc(N(Cc2ccc(OC)cc2)Cc2ccc(OC)cc2)n2nc(OC)nc2n1. The Balaban J connectivity index is 1.82. The topological polar surface area (TPSA) is 74.0 Å². The number of aromatic nitrogens is 4. The molecule has 8 heteroatoms. The largest absolute Gasteiger partial charge is 0.497 e. The van der Waals surface area contributed by atoms with Crippen LogP contribution in [0.25, 0.3) is 5.78 Å². The Morgan fingerprint density at radius 1 is 0.848 bits per heavy atom. The van der Waals surface area contributed by atoms with Crippen LogP contribution in [0.5, 0.6) is 17.5 Å². The van der Waals surface area contributed by atoms with Crippen LogP contribution in [0.3, 0.4) is 0 Å². The van der Waals surface area contributed by atoms with Gasteiger partial charge in [-0.25, -0.2) is 4.98 Å². The van der Waals surface area contributed by atoms with E-state index in [0.717, 1.165) is 28.4 Å². The quantitative estimate of drug-likeness (QED) is 0.374. The number of anilines is 1. The van der Waals surface area contributed by atoms with Crippen LogP contribution in [0.15, 0.2) is 54.6 Å². The highest BCUT2D eigenvalue weighted by Gasteiger charge is 2.19. The molecular formula is C25H29N5O3. The molecule has 4 rings (SSSR count). The molecule has 0 aliphatic rings. The first-order chi connectivity index (χ1) is 16.3. The van der Waals surface area contributed by atoms with Gasteiger partial charge in [0.15, 0.2) is 0 Å². The van der Waals surface area contributed by atoms with Gasteiger partial charge in [-0.15, -0.1) is 5.10 Å². The first-order valence-electron chi connectivity index (χ1n) is 11.1. The van der Waals surface area contributed by atoms with Crippen LogP contribution in [0, 0.1) is 0 Å². The molecule has 0 aliphatic carbocycles. The minimum absolute atomic E-state index is 0.225. The van der Waals surface area contributed by atoms with Crippen LogP contribution in [0.4, 0.5) is 5.82 Å². The van der Waals surface area contributed by atoms with E-state index in [1.54, 1.807) is 32.6 Å². The Morgan fingerprint density at radius 3 is 1.85 bits per heavy atom. The van der Waals surface area contributed by atoms with E-state index < -0.39 is 5.89 Å². The second-order valence-corrected chi connectivity index (χ2v) is 7.86. The van der Waals surface area contributed by atoms with Crippen molar-refractivity contribution in [2.24, 2.45) is 0 Å². The molecule has 4 aromatic rings. The van der Waals surface area contributed by atoms with Crippen molar-refractivity contribution in [3.8, 4) is 17.5 Å². The number of benzene rings is 2. The maximum atomic E-state index is 8.57. The van der Waals surface area contributed by atoms with Gasteiger partial charge in [0.05, 0.1) is 27.0 Å². The first kappa shape index (κ1) is 21.1. The van der Waals surface area contributed by atoms with Gasteiger partial charge in [-0.05, 0) is 41.3 Å². The van der Waals surface area contributed by atoms with Gasteiger partial charge >= 0.3 is 6.01 Å². The molecule has 0 bridgehead atoms. The fourth-order valence-electron chi connectivity index (χ4n) is 3.52. The van der Waals surface area contributed by atoms with Gasteiger partial charge in [0.2, 0.25) is 0 Å². The van der Waals surface area contributed by atoms with E-state index in [-0.39, 0.29) is 6.01 Å². The fourth-order valence-corrected chi connectivity index (χ4v) is 3.52. The Labute approximate surface area is 195 Å². The van der Waals surface area contributed by atoms with Gasteiger partial charge in [0.1, 0.15) is 17.3 Å². The van der Waals surface area contributed by atoms with E-state index in [4.69, 9.17) is 15.6 Å². The zero-order valence-electron chi connectivity index (χ0n) is 20.6. The molecule has 2 aromatic carbocycles. The molecule has 0 saturated heterocycles. The summed E-state index contributed by atoms with van der Waals surface area (Å²) in [6.45, 7) is 4.80. The molecule has 33 heavy (non-hydrogen) atoms. The monoisotopic (exact) mass is 448 g/mol. The summed E-state index contributed by atoms with van der Waals surface area (Å²) < 4.78 is 26.1. The van der Waals surface area contributed by atoms with Crippen LogP contribution in [-0.4, -0.2) is 40.9 Å². The Kier molecular flexibility index (Phi) is 6.23. The third-order valence-electron chi connectivity index (χ3n) is 5.36. The maximum absolute atomic E-state index is 8.57. The average molecular weight is 449 g/mol. The normalized spacial score (nSPS) is 11.8. The van der Waals surface area contributed by atoms with Crippen molar-refractivity contribution >= 4 is 11.6 Å². The molecule has 0 spiro atoms. The van der Waals surface area contributed by atoms with Crippen molar-refractivity contribution in [2.75, 3.05) is 26.2 Å². The zero-order chi connectivity index (χ0) is 24.3. The number of nitrogens with zero attached hydrogens (tertiary/aromatic N) is 5. The third kappa shape index (κ3) is 5.00. The lowest BCUT2D eigenvalue weighted by Crippen LogP contribution is -2.25.